The maximum atomic E-state index is 12.8. The molecule has 1 amide bonds. The largest absolute Gasteiger partial charge is 0.493 e. The van der Waals surface area contributed by atoms with E-state index in [1.54, 1.807) is 25.3 Å². The minimum atomic E-state index is -0.188. The number of imidazole rings is 1. The van der Waals surface area contributed by atoms with Crippen LogP contribution in [0.25, 0.3) is 16.4 Å². The predicted molar refractivity (Wildman–Crippen MR) is 124 cm³/mol. The number of anilines is 1. The second kappa shape index (κ2) is 8.43. The number of amides is 1. The molecule has 0 saturated carbocycles. The molecule has 32 heavy (non-hydrogen) atoms. The van der Waals surface area contributed by atoms with Gasteiger partial charge in [-0.15, -0.1) is 0 Å². The average Bonchev–Trinajstić information content (AvgIpc) is 3.25. The van der Waals surface area contributed by atoms with Gasteiger partial charge in [-0.1, -0.05) is 36.4 Å². The van der Waals surface area contributed by atoms with Gasteiger partial charge in [-0.2, -0.15) is 0 Å². The van der Waals surface area contributed by atoms with Gasteiger partial charge in [0.2, 0.25) is 0 Å². The van der Waals surface area contributed by atoms with Gasteiger partial charge in [0.1, 0.15) is 12.3 Å². The molecule has 2 aromatic heterocycles. The molecule has 6 heteroatoms. The van der Waals surface area contributed by atoms with Crippen LogP contribution in [0.4, 0.5) is 5.69 Å². The van der Waals surface area contributed by atoms with Gasteiger partial charge in [-0.05, 0) is 47.2 Å². The van der Waals surface area contributed by atoms with Crippen LogP contribution in [0.1, 0.15) is 16.1 Å². The van der Waals surface area contributed by atoms with Crippen LogP contribution >= 0.6 is 0 Å². The first-order chi connectivity index (χ1) is 15.7. The van der Waals surface area contributed by atoms with Crippen LogP contribution in [0.2, 0.25) is 0 Å². The van der Waals surface area contributed by atoms with E-state index in [0.29, 0.717) is 22.7 Å². The van der Waals surface area contributed by atoms with E-state index < -0.39 is 0 Å². The Balaban J connectivity index is 1.34. The Hall–Kier alpha value is -4.32. The van der Waals surface area contributed by atoms with Crippen LogP contribution in [0.5, 0.6) is 11.5 Å². The summed E-state index contributed by atoms with van der Waals surface area (Å²) in [6.07, 6.45) is 3.86. The molecule has 0 atom stereocenters. The zero-order chi connectivity index (χ0) is 21.9. The van der Waals surface area contributed by atoms with Crippen molar-refractivity contribution in [1.82, 2.24) is 9.38 Å². The lowest BCUT2D eigenvalue weighted by Gasteiger charge is -2.12. The molecule has 0 radical (unpaired) electrons. The highest BCUT2D eigenvalue weighted by Gasteiger charge is 2.11. The maximum Gasteiger partial charge on any atom is 0.255 e. The first-order valence-electron chi connectivity index (χ1n) is 10.2. The summed E-state index contributed by atoms with van der Waals surface area (Å²) in [4.78, 5) is 17.4. The molecule has 5 aromatic rings. The number of carbonyl (C=O) groups excluding carboxylic acids is 1. The third kappa shape index (κ3) is 3.98. The molecule has 158 valence electrons. The number of nitrogens with one attached hydrogen (secondary N) is 1. The number of fused-ring (bicyclic) bond motifs is 2. The number of ether oxygens (including phenoxy) is 2. The Bertz CT molecular complexity index is 1390. The molecule has 0 saturated heterocycles. The van der Waals surface area contributed by atoms with Gasteiger partial charge < -0.3 is 19.2 Å². The van der Waals surface area contributed by atoms with Gasteiger partial charge in [0.25, 0.3) is 5.91 Å². The molecule has 0 aliphatic rings. The Kier molecular flexibility index (Phi) is 5.17. The fourth-order valence-corrected chi connectivity index (χ4v) is 3.61. The van der Waals surface area contributed by atoms with E-state index in [0.717, 1.165) is 22.1 Å². The van der Waals surface area contributed by atoms with Gasteiger partial charge in [0.05, 0.1) is 12.8 Å². The summed E-state index contributed by atoms with van der Waals surface area (Å²) in [7, 11) is 1.58. The first-order valence-corrected chi connectivity index (χ1v) is 10.2. The van der Waals surface area contributed by atoms with Crippen molar-refractivity contribution in [3.05, 3.63) is 103 Å². The van der Waals surface area contributed by atoms with Crippen molar-refractivity contribution in [3.63, 3.8) is 0 Å². The predicted octanol–water partition coefficient (Wildman–Crippen LogP) is 5.33. The van der Waals surface area contributed by atoms with Crippen LogP contribution in [0.3, 0.4) is 0 Å². The van der Waals surface area contributed by atoms with Crippen LogP contribution in [0.15, 0.2) is 91.3 Å². The van der Waals surface area contributed by atoms with Crippen molar-refractivity contribution in [2.24, 2.45) is 0 Å². The second-order valence-electron chi connectivity index (χ2n) is 7.37. The van der Waals surface area contributed by atoms with Gasteiger partial charge in [0, 0.05) is 29.7 Å². The SMILES string of the molecule is COc1ccc(NC(=O)c2ccc3ccccc3c2)cc1OCc1cn2ccccc2n1. The smallest absolute Gasteiger partial charge is 0.255 e. The molecule has 0 spiro atoms. The Morgan fingerprint density at radius 1 is 0.938 bits per heavy atom. The minimum Gasteiger partial charge on any atom is -0.493 e. The highest BCUT2D eigenvalue weighted by atomic mass is 16.5. The quantitative estimate of drug-likeness (QED) is 0.401. The van der Waals surface area contributed by atoms with E-state index in [2.05, 4.69) is 10.3 Å². The summed E-state index contributed by atoms with van der Waals surface area (Å²) in [6, 6.07) is 24.7. The fourth-order valence-electron chi connectivity index (χ4n) is 3.61. The Labute approximate surface area is 185 Å². The van der Waals surface area contributed by atoms with Crippen LogP contribution in [-0.4, -0.2) is 22.4 Å². The second-order valence-corrected chi connectivity index (χ2v) is 7.37. The zero-order valence-corrected chi connectivity index (χ0v) is 17.5. The molecular formula is C26H21N3O3. The van der Waals surface area contributed by atoms with E-state index in [1.807, 2.05) is 77.5 Å². The monoisotopic (exact) mass is 423 g/mol. The van der Waals surface area contributed by atoms with E-state index in [4.69, 9.17) is 9.47 Å². The van der Waals surface area contributed by atoms with Crippen LogP contribution in [-0.2, 0) is 6.61 Å². The number of methoxy groups -OCH3 is 1. The normalized spacial score (nSPS) is 10.9. The average molecular weight is 423 g/mol. The number of aromatic nitrogens is 2. The lowest BCUT2D eigenvalue weighted by Crippen LogP contribution is -2.12. The van der Waals surface area contributed by atoms with Crippen LogP contribution in [0, 0.1) is 0 Å². The Morgan fingerprint density at radius 2 is 1.78 bits per heavy atom. The molecule has 0 aliphatic heterocycles. The lowest BCUT2D eigenvalue weighted by molar-refractivity contribution is 0.102. The van der Waals surface area contributed by atoms with E-state index >= 15 is 0 Å². The summed E-state index contributed by atoms with van der Waals surface area (Å²) in [5.41, 5.74) is 2.86. The standard InChI is InChI=1S/C26H21N3O3/c1-31-23-12-11-21(28-26(30)20-10-9-18-6-2-3-7-19(18)14-20)15-24(23)32-17-22-16-29-13-5-4-8-25(29)27-22/h2-16H,17H2,1H3,(H,28,30). The first kappa shape index (κ1) is 19.6. The summed E-state index contributed by atoms with van der Waals surface area (Å²) >= 11 is 0. The number of carbonyl (C=O) groups is 1. The molecule has 0 fully saturated rings. The number of rotatable bonds is 6. The van der Waals surface area contributed by atoms with Gasteiger partial charge >= 0.3 is 0 Å². The molecular weight excluding hydrogens is 402 g/mol. The van der Waals surface area contributed by atoms with E-state index in [1.165, 1.54) is 0 Å². The third-order valence-electron chi connectivity index (χ3n) is 5.22. The lowest BCUT2D eigenvalue weighted by atomic mass is 10.1. The van der Waals surface area contributed by atoms with Crippen molar-refractivity contribution < 1.29 is 14.3 Å². The van der Waals surface area contributed by atoms with Gasteiger partial charge in [-0.3, -0.25) is 4.79 Å². The summed E-state index contributed by atoms with van der Waals surface area (Å²) in [5.74, 6) is 0.922. The number of hydrogen-bond donors (Lipinski definition) is 1. The summed E-state index contributed by atoms with van der Waals surface area (Å²) < 4.78 is 13.3. The van der Waals surface area contributed by atoms with Crippen molar-refractivity contribution >= 4 is 28.0 Å². The number of benzene rings is 3. The van der Waals surface area contributed by atoms with Crippen molar-refractivity contribution in [1.29, 1.82) is 0 Å². The molecule has 1 N–H and O–H groups in total. The molecule has 3 aromatic carbocycles. The molecule has 0 aliphatic carbocycles. The molecule has 5 rings (SSSR count). The van der Waals surface area contributed by atoms with Crippen molar-refractivity contribution in [2.75, 3.05) is 12.4 Å². The highest BCUT2D eigenvalue weighted by molar-refractivity contribution is 6.06. The number of nitrogens with zero attached hydrogens (tertiary/aromatic N) is 2. The van der Waals surface area contributed by atoms with Gasteiger partial charge in [-0.25, -0.2) is 4.98 Å². The molecule has 0 unspecified atom stereocenters. The van der Waals surface area contributed by atoms with Gasteiger partial charge in [0.15, 0.2) is 11.5 Å². The minimum absolute atomic E-state index is 0.188. The maximum absolute atomic E-state index is 12.8. The number of hydrogen-bond acceptors (Lipinski definition) is 4. The topological polar surface area (TPSA) is 64.9 Å². The van der Waals surface area contributed by atoms with E-state index in [-0.39, 0.29) is 12.5 Å². The molecule has 6 nitrogen and oxygen atoms in total. The summed E-state index contributed by atoms with van der Waals surface area (Å²) in [6.45, 7) is 0.278. The van der Waals surface area contributed by atoms with Crippen molar-refractivity contribution in [3.8, 4) is 11.5 Å². The zero-order valence-electron chi connectivity index (χ0n) is 17.5. The number of pyridine rings is 1. The van der Waals surface area contributed by atoms with E-state index in [9.17, 15) is 4.79 Å². The summed E-state index contributed by atoms with van der Waals surface area (Å²) in [5, 5.41) is 5.05. The van der Waals surface area contributed by atoms with Crippen LogP contribution < -0.4 is 14.8 Å². The Morgan fingerprint density at radius 3 is 2.62 bits per heavy atom. The fraction of sp³-hybridized carbons (Fsp3) is 0.0769. The molecule has 0 bridgehead atoms. The highest BCUT2D eigenvalue weighted by Crippen LogP contribution is 2.31. The van der Waals surface area contributed by atoms with Crippen molar-refractivity contribution in [2.45, 2.75) is 6.61 Å². The molecule has 2 heterocycles. The third-order valence-corrected chi connectivity index (χ3v) is 5.22.